The number of aryl methyl sites for hydroxylation is 1. The van der Waals surface area contributed by atoms with Crippen LogP contribution in [0.25, 0.3) is 11.3 Å². The zero-order valence-electron chi connectivity index (χ0n) is 9.17. The molecule has 0 atom stereocenters. The molecular weight excluding hydrogens is 219 g/mol. The second-order valence-corrected chi connectivity index (χ2v) is 3.53. The van der Waals surface area contributed by atoms with Gasteiger partial charge >= 0.3 is 0 Å². The maximum absolute atomic E-state index is 12.3. The van der Waals surface area contributed by atoms with Crippen LogP contribution in [0, 0.1) is 11.3 Å². The van der Waals surface area contributed by atoms with Crippen LogP contribution in [0.4, 0.5) is 4.39 Å². The molecule has 17 heavy (non-hydrogen) atoms. The first-order valence-electron chi connectivity index (χ1n) is 5.25. The van der Waals surface area contributed by atoms with E-state index in [2.05, 4.69) is 16.2 Å². The van der Waals surface area contributed by atoms with Crippen LogP contribution in [0.15, 0.2) is 30.7 Å². The fraction of sp³-hybridized carbons (Fsp3) is 0.250. The lowest BCUT2D eigenvalue weighted by molar-refractivity contribution is 0.427. The molecule has 0 aliphatic rings. The summed E-state index contributed by atoms with van der Waals surface area (Å²) in [7, 11) is 0. The van der Waals surface area contributed by atoms with Crippen molar-refractivity contribution in [2.45, 2.75) is 13.0 Å². The van der Waals surface area contributed by atoms with E-state index in [9.17, 15) is 4.39 Å². The number of hydrogen-bond donors (Lipinski definition) is 0. The topological polar surface area (TPSA) is 54.5 Å². The number of alkyl halides is 1. The third-order valence-electron chi connectivity index (χ3n) is 2.37. The van der Waals surface area contributed by atoms with Crippen molar-refractivity contribution in [2.75, 3.05) is 6.67 Å². The summed E-state index contributed by atoms with van der Waals surface area (Å²) in [5.41, 5.74) is 2.43. The quantitative estimate of drug-likeness (QED) is 0.807. The van der Waals surface area contributed by atoms with Gasteiger partial charge in [-0.3, -0.25) is 9.67 Å². The highest BCUT2D eigenvalue weighted by atomic mass is 19.1. The van der Waals surface area contributed by atoms with Gasteiger partial charge in [-0.1, -0.05) is 0 Å². The van der Waals surface area contributed by atoms with Gasteiger partial charge in [0.15, 0.2) is 0 Å². The standard InChI is InChI=1S/C12H11FN4/c13-4-8-17-9-11(1-5-14)12(16-17)10-2-6-15-7-3-10/h2-3,6-7,9H,1,4,8H2. The molecule has 0 aliphatic heterocycles. The Morgan fingerprint density at radius 2 is 2.12 bits per heavy atom. The molecule has 0 fully saturated rings. The van der Waals surface area contributed by atoms with Crippen LogP contribution in [0.5, 0.6) is 0 Å². The van der Waals surface area contributed by atoms with Crippen molar-refractivity contribution < 1.29 is 4.39 Å². The summed E-state index contributed by atoms with van der Waals surface area (Å²) in [5.74, 6) is 0. The number of rotatable bonds is 4. The molecule has 4 nitrogen and oxygen atoms in total. The lowest BCUT2D eigenvalue weighted by atomic mass is 10.1. The van der Waals surface area contributed by atoms with Crippen LogP contribution in [0.2, 0.25) is 0 Å². The fourth-order valence-corrected chi connectivity index (χ4v) is 1.63. The highest BCUT2D eigenvalue weighted by Gasteiger charge is 2.10. The maximum atomic E-state index is 12.3. The monoisotopic (exact) mass is 230 g/mol. The summed E-state index contributed by atoms with van der Waals surface area (Å²) in [5, 5.41) is 13.0. The van der Waals surface area contributed by atoms with Gasteiger partial charge in [-0.2, -0.15) is 10.4 Å². The van der Waals surface area contributed by atoms with E-state index in [0.29, 0.717) is 0 Å². The Bertz CT molecular complexity index is 527. The first kappa shape index (κ1) is 11.3. The molecule has 0 bridgehead atoms. The molecule has 2 aromatic rings. The van der Waals surface area contributed by atoms with Gasteiger partial charge in [-0.05, 0) is 12.1 Å². The van der Waals surface area contributed by atoms with Crippen molar-refractivity contribution in [3.8, 4) is 17.3 Å². The molecule has 0 saturated heterocycles. The van der Waals surface area contributed by atoms with Crippen LogP contribution in [0.1, 0.15) is 5.56 Å². The molecule has 86 valence electrons. The van der Waals surface area contributed by atoms with Crippen molar-refractivity contribution >= 4 is 0 Å². The molecule has 5 heteroatoms. The number of nitriles is 1. The van der Waals surface area contributed by atoms with Crippen molar-refractivity contribution in [2.24, 2.45) is 0 Å². The van der Waals surface area contributed by atoms with Crippen molar-refractivity contribution in [3.63, 3.8) is 0 Å². The molecule has 2 aromatic heterocycles. The van der Waals surface area contributed by atoms with E-state index in [1.165, 1.54) is 4.68 Å². The van der Waals surface area contributed by atoms with Crippen molar-refractivity contribution in [3.05, 3.63) is 36.3 Å². The zero-order chi connectivity index (χ0) is 12.1. The normalized spacial score (nSPS) is 10.1. The number of aromatic nitrogens is 3. The van der Waals surface area contributed by atoms with E-state index in [-0.39, 0.29) is 13.0 Å². The van der Waals surface area contributed by atoms with Gasteiger partial charge in [0.2, 0.25) is 0 Å². The van der Waals surface area contributed by atoms with Gasteiger partial charge in [-0.15, -0.1) is 0 Å². The highest BCUT2D eigenvalue weighted by molar-refractivity contribution is 5.62. The van der Waals surface area contributed by atoms with Crippen LogP contribution in [-0.2, 0) is 13.0 Å². The minimum absolute atomic E-state index is 0.212. The first-order valence-corrected chi connectivity index (χ1v) is 5.25. The van der Waals surface area contributed by atoms with Crippen molar-refractivity contribution in [1.29, 1.82) is 5.26 Å². The van der Waals surface area contributed by atoms with E-state index in [0.717, 1.165) is 16.8 Å². The van der Waals surface area contributed by atoms with Crippen molar-refractivity contribution in [1.82, 2.24) is 14.8 Å². The molecule has 2 heterocycles. The molecular formula is C12H11FN4. The minimum atomic E-state index is -0.469. The lowest BCUT2D eigenvalue weighted by Crippen LogP contribution is -1.99. The number of hydrogen-bond acceptors (Lipinski definition) is 3. The smallest absolute Gasteiger partial charge is 0.109 e. The van der Waals surface area contributed by atoms with Gasteiger partial charge in [0.05, 0.1) is 24.7 Å². The summed E-state index contributed by atoms with van der Waals surface area (Å²) in [4.78, 5) is 3.93. The van der Waals surface area contributed by atoms with Gasteiger partial charge in [0.25, 0.3) is 0 Å². The fourth-order valence-electron chi connectivity index (χ4n) is 1.63. The summed E-state index contributed by atoms with van der Waals surface area (Å²) in [6.07, 6.45) is 5.32. The van der Waals surface area contributed by atoms with E-state index in [4.69, 9.17) is 5.26 Å². The Kier molecular flexibility index (Phi) is 3.46. The predicted octanol–water partition coefficient (Wildman–Crippen LogP) is 1.98. The van der Waals surface area contributed by atoms with E-state index in [1.807, 2.05) is 12.1 Å². The Balaban J connectivity index is 2.41. The predicted molar refractivity (Wildman–Crippen MR) is 60.8 cm³/mol. The lowest BCUT2D eigenvalue weighted by Gasteiger charge is -1.97. The highest BCUT2D eigenvalue weighted by Crippen LogP contribution is 2.21. The number of halogens is 1. The SMILES string of the molecule is N#CCc1cn(CCF)nc1-c1ccncc1. The molecule has 0 amide bonds. The summed E-state index contributed by atoms with van der Waals surface area (Å²) >= 11 is 0. The number of nitrogens with zero attached hydrogens (tertiary/aromatic N) is 4. The van der Waals surface area contributed by atoms with E-state index >= 15 is 0 Å². The Morgan fingerprint density at radius 3 is 2.76 bits per heavy atom. The molecule has 0 aromatic carbocycles. The second kappa shape index (κ2) is 5.21. The Hall–Kier alpha value is -2.22. The summed E-state index contributed by atoms with van der Waals surface area (Å²) in [6.45, 7) is -0.257. The second-order valence-electron chi connectivity index (χ2n) is 3.53. The van der Waals surface area contributed by atoms with Crippen LogP contribution in [0.3, 0.4) is 0 Å². The summed E-state index contributed by atoms with van der Waals surface area (Å²) in [6, 6.07) is 5.73. The van der Waals surface area contributed by atoms with Gasteiger partial charge in [-0.25, -0.2) is 4.39 Å². The number of pyridine rings is 1. The third kappa shape index (κ3) is 2.48. The van der Waals surface area contributed by atoms with Gasteiger partial charge in [0, 0.05) is 29.7 Å². The molecule has 0 aliphatic carbocycles. The molecule has 0 N–H and O–H groups in total. The average Bonchev–Trinajstić information content (AvgIpc) is 2.74. The van der Waals surface area contributed by atoms with Crippen LogP contribution in [-0.4, -0.2) is 21.4 Å². The maximum Gasteiger partial charge on any atom is 0.109 e. The molecule has 0 radical (unpaired) electrons. The van der Waals surface area contributed by atoms with Crippen LogP contribution < -0.4 is 0 Å². The third-order valence-corrected chi connectivity index (χ3v) is 2.37. The minimum Gasteiger partial charge on any atom is -0.269 e. The van der Waals surface area contributed by atoms with Gasteiger partial charge < -0.3 is 0 Å². The zero-order valence-corrected chi connectivity index (χ0v) is 9.17. The Morgan fingerprint density at radius 1 is 1.35 bits per heavy atom. The Labute approximate surface area is 98.3 Å². The van der Waals surface area contributed by atoms with E-state index in [1.54, 1.807) is 18.6 Å². The molecule has 0 spiro atoms. The van der Waals surface area contributed by atoms with Gasteiger partial charge in [0.1, 0.15) is 6.67 Å². The van der Waals surface area contributed by atoms with E-state index < -0.39 is 6.67 Å². The molecule has 0 saturated carbocycles. The molecule has 2 rings (SSSR count). The first-order chi connectivity index (χ1) is 8.35. The average molecular weight is 230 g/mol. The largest absolute Gasteiger partial charge is 0.269 e. The summed E-state index contributed by atoms with van der Waals surface area (Å²) < 4.78 is 13.8. The molecule has 0 unspecified atom stereocenters. The van der Waals surface area contributed by atoms with Crippen LogP contribution >= 0.6 is 0 Å².